The third kappa shape index (κ3) is 7.56. The number of aliphatic hydroxyl groups is 2. The first-order chi connectivity index (χ1) is 16.1. The molecule has 2 heterocycles. The Labute approximate surface area is 194 Å². The second-order valence-electron chi connectivity index (χ2n) is 6.47. The first-order valence-electron chi connectivity index (χ1n) is 8.79. The summed E-state index contributed by atoms with van der Waals surface area (Å²) in [6, 6.07) is 0. The SMILES string of the molecule is C#C[C@H](O)[C@@](CF)(COP(=O)(O)OP(=O)(O)OP(=O)(O)O)O[C@H](CO)n1cnc2c(N)ncnc21. The minimum atomic E-state index is -5.88. The van der Waals surface area contributed by atoms with Crippen LogP contribution in [0.2, 0.25) is 0 Å². The number of anilines is 1. The topological polar surface area (TPSA) is 279 Å². The van der Waals surface area contributed by atoms with Gasteiger partial charge in [-0.25, -0.2) is 33.0 Å². The Morgan fingerprint density at radius 2 is 1.83 bits per heavy atom. The summed E-state index contributed by atoms with van der Waals surface area (Å²) >= 11 is 0. The van der Waals surface area contributed by atoms with Crippen LogP contribution >= 0.6 is 23.5 Å². The van der Waals surface area contributed by atoms with E-state index in [1.165, 1.54) is 0 Å². The molecule has 0 aromatic carbocycles. The standard InChI is InChI=1S/C13H19FN5O13P3/c1-2-8(21)13(4-14,5-29-34(25,26)32-35(27,28)31-33(22,23)24)30-9(3-20)19-7-18-10-11(15)16-6-17-12(10)19/h1,6-9,20-21H,3-5H2,(H,25,26)(H,27,28)(H2,15,16,17)(H2,22,23,24)/t8-,9+,13+/m0/s1. The predicted molar refractivity (Wildman–Crippen MR) is 110 cm³/mol. The fourth-order valence-electron chi connectivity index (χ4n) is 2.50. The van der Waals surface area contributed by atoms with Crippen LogP contribution in [0, 0.1) is 12.3 Å². The molecule has 0 spiro atoms. The Bertz CT molecular complexity index is 1230. The van der Waals surface area contributed by atoms with Crippen molar-refractivity contribution in [2.24, 2.45) is 0 Å². The van der Waals surface area contributed by atoms with Gasteiger partial charge in [0, 0.05) is 0 Å². The van der Waals surface area contributed by atoms with E-state index in [1.807, 2.05) is 0 Å². The zero-order valence-electron chi connectivity index (χ0n) is 17.1. The van der Waals surface area contributed by atoms with E-state index in [2.05, 4.69) is 28.1 Å². The molecular weight excluding hydrogens is 546 g/mol. The lowest BCUT2D eigenvalue weighted by Crippen LogP contribution is -2.52. The summed E-state index contributed by atoms with van der Waals surface area (Å²) in [7, 11) is -17.3. The number of nitrogens with two attached hydrogens (primary N) is 1. The van der Waals surface area contributed by atoms with Crippen molar-refractivity contribution < 1.29 is 65.8 Å². The molecule has 5 atom stereocenters. The van der Waals surface area contributed by atoms with E-state index in [9.17, 15) is 38.1 Å². The number of terminal acetylenes is 1. The number of nitrogen functional groups attached to an aromatic ring is 1. The van der Waals surface area contributed by atoms with E-state index in [1.54, 1.807) is 5.92 Å². The molecule has 8 N–H and O–H groups in total. The first kappa shape index (κ1) is 29.4. The van der Waals surface area contributed by atoms with E-state index in [0.29, 0.717) is 0 Å². The molecule has 2 unspecified atom stereocenters. The molecule has 0 bridgehead atoms. The minimum Gasteiger partial charge on any atom is -0.392 e. The van der Waals surface area contributed by atoms with Crippen LogP contribution in [-0.4, -0.2) is 80.9 Å². The van der Waals surface area contributed by atoms with Gasteiger partial charge in [-0.2, -0.15) is 8.62 Å². The third-order valence-electron chi connectivity index (χ3n) is 3.99. The van der Waals surface area contributed by atoms with Gasteiger partial charge in [0.1, 0.15) is 24.6 Å². The van der Waals surface area contributed by atoms with Crippen molar-refractivity contribution in [3.05, 3.63) is 12.7 Å². The molecule has 0 aliphatic carbocycles. The van der Waals surface area contributed by atoms with Gasteiger partial charge >= 0.3 is 23.5 Å². The molecule has 2 aromatic rings. The fraction of sp³-hybridized carbons (Fsp3) is 0.462. The monoisotopic (exact) mass is 565 g/mol. The van der Waals surface area contributed by atoms with Crippen molar-refractivity contribution in [1.29, 1.82) is 0 Å². The number of hydrogen-bond donors (Lipinski definition) is 7. The van der Waals surface area contributed by atoms with Gasteiger partial charge in [-0.05, 0) is 0 Å². The number of alkyl halides is 1. The molecule has 196 valence electrons. The summed E-state index contributed by atoms with van der Waals surface area (Å²) in [4.78, 5) is 47.5. The van der Waals surface area contributed by atoms with Gasteiger partial charge < -0.3 is 40.3 Å². The number of phosphoric ester groups is 1. The lowest BCUT2D eigenvalue weighted by Gasteiger charge is -2.36. The lowest BCUT2D eigenvalue weighted by atomic mass is 9.99. The summed E-state index contributed by atoms with van der Waals surface area (Å²) in [5.41, 5.74) is 3.00. The Morgan fingerprint density at radius 1 is 1.17 bits per heavy atom. The smallest absolute Gasteiger partial charge is 0.392 e. The zero-order valence-corrected chi connectivity index (χ0v) is 19.8. The molecule has 22 heteroatoms. The molecular formula is C13H19FN5O13P3. The second kappa shape index (κ2) is 11.0. The van der Waals surface area contributed by atoms with Crippen molar-refractivity contribution in [2.45, 2.75) is 17.9 Å². The van der Waals surface area contributed by atoms with E-state index < -0.39 is 61.3 Å². The van der Waals surface area contributed by atoms with Crippen LogP contribution in [0.25, 0.3) is 11.2 Å². The number of hydrogen-bond acceptors (Lipinski definition) is 13. The quantitative estimate of drug-likeness (QED) is 0.113. The van der Waals surface area contributed by atoms with Crippen LogP contribution in [0.3, 0.4) is 0 Å². The van der Waals surface area contributed by atoms with E-state index in [0.717, 1.165) is 17.2 Å². The van der Waals surface area contributed by atoms with Gasteiger partial charge in [0.05, 0.1) is 19.5 Å². The number of ether oxygens (including phenoxy) is 1. The normalized spacial score (nSPS) is 19.3. The van der Waals surface area contributed by atoms with Gasteiger partial charge in [0.15, 0.2) is 23.3 Å². The van der Waals surface area contributed by atoms with Crippen LogP contribution in [0.5, 0.6) is 0 Å². The summed E-state index contributed by atoms with van der Waals surface area (Å²) in [6.45, 7) is -4.11. The summed E-state index contributed by atoms with van der Waals surface area (Å²) in [5, 5.41) is 20.0. The maximum atomic E-state index is 14.1. The van der Waals surface area contributed by atoms with Crippen molar-refractivity contribution in [3.8, 4) is 12.3 Å². The van der Waals surface area contributed by atoms with Crippen LogP contribution in [0.15, 0.2) is 12.7 Å². The highest BCUT2D eigenvalue weighted by Crippen LogP contribution is 2.66. The van der Waals surface area contributed by atoms with E-state index in [4.69, 9.17) is 26.7 Å². The minimum absolute atomic E-state index is 0.00704. The molecule has 35 heavy (non-hydrogen) atoms. The molecule has 2 aromatic heterocycles. The van der Waals surface area contributed by atoms with Crippen LogP contribution in [0.1, 0.15) is 6.23 Å². The zero-order chi connectivity index (χ0) is 26.7. The molecule has 18 nitrogen and oxygen atoms in total. The van der Waals surface area contributed by atoms with Crippen molar-refractivity contribution >= 4 is 40.4 Å². The van der Waals surface area contributed by atoms with Gasteiger partial charge in [0.25, 0.3) is 0 Å². The highest BCUT2D eigenvalue weighted by Gasteiger charge is 2.47. The maximum Gasteiger partial charge on any atom is 0.490 e. The van der Waals surface area contributed by atoms with Gasteiger partial charge in [0.2, 0.25) is 0 Å². The molecule has 2 rings (SSSR count). The van der Waals surface area contributed by atoms with Crippen molar-refractivity contribution in [2.75, 3.05) is 25.6 Å². The Kier molecular flexibility index (Phi) is 9.25. The fourth-order valence-corrected chi connectivity index (χ4v) is 5.58. The molecule has 0 saturated heterocycles. The van der Waals surface area contributed by atoms with Crippen LogP contribution in [-0.2, 0) is 31.6 Å². The van der Waals surface area contributed by atoms with E-state index >= 15 is 0 Å². The maximum absolute atomic E-state index is 14.1. The second-order valence-corrected chi connectivity index (χ2v) is 10.9. The summed E-state index contributed by atoms with van der Waals surface area (Å²) in [5.74, 6) is 1.65. The number of imidazole rings is 1. The molecule has 0 saturated carbocycles. The molecule has 0 fully saturated rings. The van der Waals surface area contributed by atoms with Crippen LogP contribution in [0.4, 0.5) is 10.2 Å². The number of fused-ring (bicyclic) bond motifs is 1. The van der Waals surface area contributed by atoms with Crippen LogP contribution < -0.4 is 5.73 Å². The number of rotatable bonds is 13. The molecule has 0 radical (unpaired) electrons. The predicted octanol–water partition coefficient (Wildman–Crippen LogP) is -1.04. The number of aromatic nitrogens is 4. The number of phosphoric acid groups is 3. The third-order valence-corrected chi connectivity index (χ3v) is 7.78. The number of halogens is 1. The highest BCUT2D eigenvalue weighted by atomic mass is 31.3. The van der Waals surface area contributed by atoms with Crippen molar-refractivity contribution in [1.82, 2.24) is 19.5 Å². The van der Waals surface area contributed by atoms with Crippen molar-refractivity contribution in [3.63, 3.8) is 0 Å². The highest BCUT2D eigenvalue weighted by molar-refractivity contribution is 7.66. The molecule has 0 aliphatic heterocycles. The largest absolute Gasteiger partial charge is 0.490 e. The average Bonchev–Trinajstić information content (AvgIpc) is 3.16. The Balaban J connectivity index is 2.33. The lowest BCUT2D eigenvalue weighted by molar-refractivity contribution is -0.197. The molecule has 0 aliphatic rings. The first-order valence-corrected chi connectivity index (χ1v) is 13.3. The Morgan fingerprint density at radius 3 is 2.37 bits per heavy atom. The number of nitrogens with zero attached hydrogens (tertiary/aromatic N) is 4. The Hall–Kier alpha value is -1.87. The summed E-state index contributed by atoms with van der Waals surface area (Å²) in [6.07, 6.45) is 3.38. The van der Waals surface area contributed by atoms with Gasteiger partial charge in [-0.1, -0.05) is 5.92 Å². The van der Waals surface area contributed by atoms with Gasteiger partial charge in [-0.15, -0.1) is 6.42 Å². The number of aliphatic hydroxyl groups excluding tert-OH is 2. The molecule has 0 amide bonds. The van der Waals surface area contributed by atoms with E-state index in [-0.39, 0.29) is 17.0 Å². The average molecular weight is 565 g/mol. The van der Waals surface area contributed by atoms with Gasteiger partial charge in [-0.3, -0.25) is 9.09 Å². The summed E-state index contributed by atoms with van der Waals surface area (Å²) < 4.78 is 66.2.